The van der Waals surface area contributed by atoms with Gasteiger partial charge in [0.1, 0.15) is 12.1 Å². The lowest BCUT2D eigenvalue weighted by atomic mass is 10.2. The Morgan fingerprint density at radius 2 is 2.00 bits per heavy atom. The van der Waals surface area contributed by atoms with Crippen LogP contribution in [0.15, 0.2) is 30.5 Å². The molecule has 2 aromatic rings. The summed E-state index contributed by atoms with van der Waals surface area (Å²) in [5.41, 5.74) is 2.26. The van der Waals surface area contributed by atoms with E-state index in [2.05, 4.69) is 10.4 Å². The molecule has 2 N–H and O–H groups in total. The predicted octanol–water partition coefficient (Wildman–Crippen LogP) is 1.84. The maximum atomic E-state index is 11.9. The van der Waals surface area contributed by atoms with Crippen molar-refractivity contribution >= 4 is 17.6 Å². The topological polar surface area (TPSA) is 84.2 Å². The van der Waals surface area contributed by atoms with E-state index in [0.717, 1.165) is 11.3 Å². The molecular weight excluding hydrogens is 258 g/mol. The highest BCUT2D eigenvalue weighted by Gasteiger charge is 2.14. The zero-order valence-corrected chi connectivity index (χ0v) is 11.3. The summed E-state index contributed by atoms with van der Waals surface area (Å²) in [6.45, 7) is 3.50. The van der Waals surface area contributed by atoms with E-state index < -0.39 is 5.97 Å². The van der Waals surface area contributed by atoms with Gasteiger partial charge in [-0.15, -0.1) is 0 Å². The van der Waals surface area contributed by atoms with Crippen molar-refractivity contribution in [2.45, 2.75) is 20.4 Å². The summed E-state index contributed by atoms with van der Waals surface area (Å²) in [6.07, 6.45) is 1.25. The van der Waals surface area contributed by atoms with Gasteiger partial charge in [0.25, 0.3) is 0 Å². The van der Waals surface area contributed by atoms with Gasteiger partial charge < -0.3 is 10.4 Å². The number of anilines is 1. The minimum absolute atomic E-state index is 0.0204. The van der Waals surface area contributed by atoms with Crippen LogP contribution in [-0.2, 0) is 11.3 Å². The highest BCUT2D eigenvalue weighted by molar-refractivity contribution is 5.92. The summed E-state index contributed by atoms with van der Waals surface area (Å²) in [6, 6.07) is 7.44. The quantitative estimate of drug-likeness (QED) is 0.890. The average molecular weight is 273 g/mol. The van der Waals surface area contributed by atoms with Gasteiger partial charge in [0, 0.05) is 5.69 Å². The number of carboxylic acids is 1. The van der Waals surface area contributed by atoms with E-state index in [0.29, 0.717) is 5.69 Å². The third-order valence-corrected chi connectivity index (χ3v) is 3.05. The standard InChI is InChI=1S/C14H15N3O3/c1-9-5-3-4-6-12(9)16-13(18)8-17-10(2)11(7-15-17)14(19)20/h3-7H,8H2,1-2H3,(H,16,18)(H,19,20). The number of para-hydroxylation sites is 1. The number of nitrogens with zero attached hydrogens (tertiary/aromatic N) is 2. The molecule has 0 radical (unpaired) electrons. The van der Waals surface area contributed by atoms with Crippen LogP contribution in [0.4, 0.5) is 5.69 Å². The fourth-order valence-electron chi connectivity index (χ4n) is 1.85. The van der Waals surface area contributed by atoms with Crippen molar-refractivity contribution in [1.29, 1.82) is 0 Å². The number of nitrogens with one attached hydrogen (secondary N) is 1. The first-order valence-electron chi connectivity index (χ1n) is 6.10. The number of hydrogen-bond acceptors (Lipinski definition) is 3. The number of carbonyl (C=O) groups excluding carboxylic acids is 1. The largest absolute Gasteiger partial charge is 0.478 e. The second-order valence-corrected chi connectivity index (χ2v) is 4.47. The van der Waals surface area contributed by atoms with Crippen LogP contribution in [0.5, 0.6) is 0 Å². The lowest BCUT2D eigenvalue weighted by Crippen LogP contribution is -2.21. The molecule has 104 valence electrons. The minimum Gasteiger partial charge on any atom is -0.478 e. The Morgan fingerprint density at radius 1 is 1.30 bits per heavy atom. The van der Waals surface area contributed by atoms with Crippen LogP contribution in [0.2, 0.25) is 0 Å². The van der Waals surface area contributed by atoms with E-state index in [1.54, 1.807) is 6.92 Å². The van der Waals surface area contributed by atoms with E-state index >= 15 is 0 Å². The van der Waals surface area contributed by atoms with Gasteiger partial charge in [0.15, 0.2) is 0 Å². The summed E-state index contributed by atoms with van der Waals surface area (Å²) in [4.78, 5) is 22.8. The van der Waals surface area contributed by atoms with Gasteiger partial charge in [0.05, 0.1) is 11.9 Å². The van der Waals surface area contributed by atoms with Crippen LogP contribution in [-0.4, -0.2) is 26.8 Å². The molecule has 1 aromatic heterocycles. The smallest absolute Gasteiger partial charge is 0.339 e. The molecule has 0 aliphatic carbocycles. The molecule has 0 aliphatic heterocycles. The second-order valence-electron chi connectivity index (χ2n) is 4.47. The Hall–Kier alpha value is -2.63. The molecule has 20 heavy (non-hydrogen) atoms. The molecule has 0 aliphatic rings. The number of aryl methyl sites for hydroxylation is 1. The third-order valence-electron chi connectivity index (χ3n) is 3.05. The Labute approximate surface area is 116 Å². The molecule has 0 unspecified atom stereocenters. The lowest BCUT2D eigenvalue weighted by molar-refractivity contribution is -0.116. The minimum atomic E-state index is -1.05. The maximum Gasteiger partial charge on any atom is 0.339 e. The molecule has 0 atom stereocenters. The second kappa shape index (κ2) is 5.56. The van der Waals surface area contributed by atoms with Crippen molar-refractivity contribution in [3.05, 3.63) is 47.3 Å². The molecule has 1 heterocycles. The van der Waals surface area contributed by atoms with Gasteiger partial charge in [-0.05, 0) is 25.5 Å². The molecule has 0 bridgehead atoms. The highest BCUT2D eigenvalue weighted by Crippen LogP contribution is 2.13. The fourth-order valence-corrected chi connectivity index (χ4v) is 1.85. The van der Waals surface area contributed by atoms with Crippen molar-refractivity contribution < 1.29 is 14.7 Å². The Kier molecular flexibility index (Phi) is 3.84. The van der Waals surface area contributed by atoms with Crippen molar-refractivity contribution in [2.75, 3.05) is 5.32 Å². The van der Waals surface area contributed by atoms with Crippen molar-refractivity contribution in [3.63, 3.8) is 0 Å². The highest BCUT2D eigenvalue weighted by atomic mass is 16.4. The maximum absolute atomic E-state index is 11.9. The first kappa shape index (κ1) is 13.8. The molecule has 6 heteroatoms. The Bertz CT molecular complexity index is 661. The van der Waals surface area contributed by atoms with Crippen LogP contribution in [0.1, 0.15) is 21.6 Å². The summed E-state index contributed by atoms with van der Waals surface area (Å²) in [5.74, 6) is -1.30. The van der Waals surface area contributed by atoms with Gasteiger partial charge >= 0.3 is 5.97 Å². The van der Waals surface area contributed by atoms with Crippen LogP contribution < -0.4 is 5.32 Å². The van der Waals surface area contributed by atoms with Gasteiger partial charge in [0.2, 0.25) is 5.91 Å². The number of carbonyl (C=O) groups is 2. The first-order valence-corrected chi connectivity index (χ1v) is 6.10. The zero-order chi connectivity index (χ0) is 14.7. The summed E-state index contributed by atoms with van der Waals surface area (Å²) in [5, 5.41) is 15.6. The monoisotopic (exact) mass is 273 g/mol. The van der Waals surface area contributed by atoms with Gasteiger partial charge in [-0.1, -0.05) is 18.2 Å². The van der Waals surface area contributed by atoms with Crippen molar-refractivity contribution in [1.82, 2.24) is 9.78 Å². The molecule has 1 aromatic carbocycles. The molecule has 0 saturated heterocycles. The fraction of sp³-hybridized carbons (Fsp3) is 0.214. The third kappa shape index (κ3) is 2.85. The first-order chi connectivity index (χ1) is 9.49. The van der Waals surface area contributed by atoms with Crippen molar-refractivity contribution in [2.24, 2.45) is 0 Å². The molecule has 0 saturated carbocycles. The molecule has 2 rings (SSSR count). The number of aromatic carboxylic acids is 1. The number of carboxylic acid groups (broad SMARTS) is 1. The predicted molar refractivity (Wildman–Crippen MR) is 73.7 cm³/mol. The number of hydrogen-bond donors (Lipinski definition) is 2. The molecular formula is C14H15N3O3. The molecule has 1 amide bonds. The van der Waals surface area contributed by atoms with E-state index in [9.17, 15) is 9.59 Å². The molecule has 6 nitrogen and oxygen atoms in total. The van der Waals surface area contributed by atoms with Gasteiger partial charge in [-0.3, -0.25) is 9.48 Å². The average Bonchev–Trinajstić information content (AvgIpc) is 2.74. The van der Waals surface area contributed by atoms with Crippen molar-refractivity contribution in [3.8, 4) is 0 Å². The van der Waals surface area contributed by atoms with Crippen LogP contribution >= 0.6 is 0 Å². The number of amides is 1. The van der Waals surface area contributed by atoms with Gasteiger partial charge in [-0.25, -0.2) is 4.79 Å². The summed E-state index contributed by atoms with van der Waals surface area (Å²) >= 11 is 0. The SMILES string of the molecule is Cc1ccccc1NC(=O)Cn1ncc(C(=O)O)c1C. The van der Waals surface area contributed by atoms with Crippen LogP contribution in [0.25, 0.3) is 0 Å². The van der Waals surface area contributed by atoms with Crippen LogP contribution in [0.3, 0.4) is 0 Å². The van der Waals surface area contributed by atoms with Gasteiger partial charge in [-0.2, -0.15) is 5.10 Å². The normalized spacial score (nSPS) is 10.3. The zero-order valence-electron chi connectivity index (χ0n) is 11.3. The van der Waals surface area contributed by atoms with E-state index in [1.165, 1.54) is 10.9 Å². The number of aromatic nitrogens is 2. The van der Waals surface area contributed by atoms with Crippen LogP contribution in [0, 0.1) is 13.8 Å². The lowest BCUT2D eigenvalue weighted by Gasteiger charge is -2.09. The summed E-state index contributed by atoms with van der Waals surface area (Å²) in [7, 11) is 0. The van der Waals surface area contributed by atoms with E-state index in [4.69, 9.17) is 5.11 Å². The Morgan fingerprint density at radius 3 is 2.60 bits per heavy atom. The van der Waals surface area contributed by atoms with E-state index in [1.807, 2.05) is 31.2 Å². The van der Waals surface area contributed by atoms with E-state index in [-0.39, 0.29) is 18.0 Å². The Balaban J connectivity index is 2.09. The number of rotatable bonds is 4. The summed E-state index contributed by atoms with van der Waals surface area (Å²) < 4.78 is 1.37. The molecule has 0 spiro atoms. The molecule has 0 fully saturated rings. The number of benzene rings is 1.